The van der Waals surface area contributed by atoms with E-state index < -0.39 is 18.3 Å². The molecule has 1 aromatic rings. The molecule has 0 amide bonds. The molecule has 2 aliphatic heterocycles. The van der Waals surface area contributed by atoms with Crippen LogP contribution in [0.25, 0.3) is 0 Å². The van der Waals surface area contributed by atoms with E-state index in [9.17, 15) is 5.26 Å². The minimum absolute atomic E-state index is 0.343. The molecule has 1 N–H and O–H groups in total. The molecule has 0 saturated carbocycles. The second-order valence-corrected chi connectivity index (χ2v) is 8.46. The van der Waals surface area contributed by atoms with E-state index in [1.165, 1.54) is 0 Å². The summed E-state index contributed by atoms with van der Waals surface area (Å²) in [4.78, 5) is 0. The fraction of sp³-hybridized carbons (Fsp3) is 0.421. The SMILES string of the molecule is CC1NC(C#Cc2cc(C#N)cc(B3OC(C)(C)C(C)(C)O3)c2)=CS1. The fourth-order valence-electron chi connectivity index (χ4n) is 2.57. The topological polar surface area (TPSA) is 54.3 Å². The van der Waals surface area contributed by atoms with Gasteiger partial charge in [0.1, 0.15) is 0 Å². The zero-order valence-electron chi connectivity index (χ0n) is 15.1. The molecule has 6 heteroatoms. The molecule has 25 heavy (non-hydrogen) atoms. The van der Waals surface area contributed by atoms with Gasteiger partial charge in [-0.05, 0) is 64.2 Å². The van der Waals surface area contributed by atoms with Crippen LogP contribution in [0.2, 0.25) is 0 Å². The summed E-state index contributed by atoms with van der Waals surface area (Å²) < 4.78 is 12.2. The normalized spacial score (nSPS) is 23.3. The Bertz CT molecular complexity index is 814. The Morgan fingerprint density at radius 2 is 1.72 bits per heavy atom. The van der Waals surface area contributed by atoms with Crippen LogP contribution < -0.4 is 10.8 Å². The molecule has 1 saturated heterocycles. The van der Waals surface area contributed by atoms with Crippen molar-refractivity contribution < 1.29 is 9.31 Å². The van der Waals surface area contributed by atoms with E-state index in [2.05, 4.69) is 30.2 Å². The first-order chi connectivity index (χ1) is 11.7. The van der Waals surface area contributed by atoms with Crippen LogP contribution in [0.15, 0.2) is 29.3 Å². The highest BCUT2D eigenvalue weighted by atomic mass is 32.2. The van der Waals surface area contributed by atoms with Crippen molar-refractivity contribution in [2.75, 3.05) is 0 Å². The lowest BCUT2D eigenvalue weighted by molar-refractivity contribution is 0.00578. The third-order valence-electron chi connectivity index (χ3n) is 4.70. The number of nitriles is 1. The highest BCUT2D eigenvalue weighted by Crippen LogP contribution is 2.36. The number of allylic oxidation sites excluding steroid dienone is 1. The number of rotatable bonds is 1. The lowest BCUT2D eigenvalue weighted by atomic mass is 9.77. The molecule has 0 spiro atoms. The predicted molar refractivity (Wildman–Crippen MR) is 102 cm³/mol. The van der Waals surface area contributed by atoms with Gasteiger partial charge >= 0.3 is 7.12 Å². The van der Waals surface area contributed by atoms with Gasteiger partial charge in [0.25, 0.3) is 0 Å². The smallest absolute Gasteiger partial charge is 0.399 e. The Morgan fingerprint density at radius 1 is 1.08 bits per heavy atom. The lowest BCUT2D eigenvalue weighted by Crippen LogP contribution is -2.41. The van der Waals surface area contributed by atoms with Crippen LogP contribution in [0.3, 0.4) is 0 Å². The van der Waals surface area contributed by atoms with Crippen molar-refractivity contribution in [3.05, 3.63) is 40.4 Å². The molecule has 4 nitrogen and oxygen atoms in total. The second-order valence-electron chi connectivity index (χ2n) is 7.25. The number of benzene rings is 1. The monoisotopic (exact) mass is 352 g/mol. The standard InChI is InChI=1S/C19H21BN2O2S/c1-13-22-17(12-25-13)7-6-14-8-15(11-21)10-16(9-14)20-23-18(2,3)19(4,5)24-20/h8-10,12-13,22H,1-5H3. The molecule has 1 fully saturated rings. The van der Waals surface area contributed by atoms with Gasteiger partial charge in [-0.15, -0.1) is 11.8 Å². The highest BCUT2D eigenvalue weighted by Gasteiger charge is 2.51. The van der Waals surface area contributed by atoms with Crippen LogP contribution >= 0.6 is 11.8 Å². The lowest BCUT2D eigenvalue weighted by Gasteiger charge is -2.32. The number of hydrogen-bond acceptors (Lipinski definition) is 5. The molecule has 1 unspecified atom stereocenters. The van der Waals surface area contributed by atoms with Gasteiger partial charge in [0.05, 0.1) is 33.9 Å². The summed E-state index contributed by atoms with van der Waals surface area (Å²) in [6.45, 7) is 10.1. The predicted octanol–water partition coefficient (Wildman–Crippen LogP) is 2.73. The number of hydrogen-bond donors (Lipinski definition) is 1. The van der Waals surface area contributed by atoms with Gasteiger partial charge in [-0.25, -0.2) is 0 Å². The highest BCUT2D eigenvalue weighted by molar-refractivity contribution is 8.02. The number of nitrogens with one attached hydrogen (secondary N) is 1. The van der Waals surface area contributed by atoms with E-state index in [0.29, 0.717) is 10.9 Å². The molecule has 128 valence electrons. The van der Waals surface area contributed by atoms with Crippen LogP contribution in [0.5, 0.6) is 0 Å². The largest absolute Gasteiger partial charge is 0.494 e. The Morgan fingerprint density at radius 3 is 2.28 bits per heavy atom. The van der Waals surface area contributed by atoms with Gasteiger partial charge in [-0.2, -0.15) is 5.26 Å². The summed E-state index contributed by atoms with van der Waals surface area (Å²) in [6.07, 6.45) is 0. The maximum absolute atomic E-state index is 9.34. The minimum Gasteiger partial charge on any atom is -0.399 e. The van der Waals surface area contributed by atoms with Crippen LogP contribution in [-0.4, -0.2) is 23.7 Å². The molecule has 2 aliphatic rings. The molecule has 1 aromatic carbocycles. The van der Waals surface area contributed by atoms with Gasteiger partial charge in [-0.3, -0.25) is 0 Å². The van der Waals surface area contributed by atoms with E-state index in [1.807, 2.05) is 39.2 Å². The molecule has 3 rings (SSSR count). The molecule has 2 heterocycles. The molecule has 0 aliphatic carbocycles. The molecule has 0 bridgehead atoms. The van der Waals surface area contributed by atoms with E-state index >= 15 is 0 Å². The molecule has 1 atom stereocenters. The van der Waals surface area contributed by atoms with Crippen molar-refractivity contribution in [1.29, 1.82) is 5.26 Å². The first kappa shape index (κ1) is 18.0. The molecule has 0 aromatic heterocycles. The summed E-state index contributed by atoms with van der Waals surface area (Å²) >= 11 is 1.70. The van der Waals surface area contributed by atoms with Crippen molar-refractivity contribution in [2.24, 2.45) is 0 Å². The van der Waals surface area contributed by atoms with Crippen LogP contribution in [0.4, 0.5) is 0 Å². The Labute approximate surface area is 154 Å². The van der Waals surface area contributed by atoms with Crippen molar-refractivity contribution in [3.63, 3.8) is 0 Å². The van der Waals surface area contributed by atoms with Crippen molar-refractivity contribution in [3.8, 4) is 17.9 Å². The third-order valence-corrected chi connectivity index (χ3v) is 5.60. The van der Waals surface area contributed by atoms with Gasteiger partial charge in [0.15, 0.2) is 0 Å². The minimum atomic E-state index is -0.502. The average molecular weight is 352 g/mol. The van der Waals surface area contributed by atoms with E-state index in [4.69, 9.17) is 9.31 Å². The van der Waals surface area contributed by atoms with Gasteiger partial charge in [0.2, 0.25) is 0 Å². The quantitative estimate of drug-likeness (QED) is 0.622. The van der Waals surface area contributed by atoms with Crippen molar-refractivity contribution in [1.82, 2.24) is 5.32 Å². The number of nitrogens with zero attached hydrogens (tertiary/aromatic N) is 1. The van der Waals surface area contributed by atoms with Crippen molar-refractivity contribution in [2.45, 2.75) is 51.2 Å². The number of thioether (sulfide) groups is 1. The molecular formula is C19H21BN2O2S. The zero-order valence-corrected chi connectivity index (χ0v) is 16.0. The third kappa shape index (κ3) is 3.72. The summed E-state index contributed by atoms with van der Waals surface area (Å²) in [5.74, 6) is 6.25. The first-order valence-corrected chi connectivity index (χ1v) is 9.19. The summed E-state index contributed by atoms with van der Waals surface area (Å²) in [5, 5.41) is 15.0. The first-order valence-electron chi connectivity index (χ1n) is 8.25. The van der Waals surface area contributed by atoms with Crippen LogP contribution in [0.1, 0.15) is 45.7 Å². The molecule has 0 radical (unpaired) electrons. The summed E-state index contributed by atoms with van der Waals surface area (Å²) in [7, 11) is -0.502. The van der Waals surface area contributed by atoms with Crippen LogP contribution in [-0.2, 0) is 9.31 Å². The van der Waals surface area contributed by atoms with Crippen molar-refractivity contribution >= 4 is 24.3 Å². The van der Waals surface area contributed by atoms with Gasteiger partial charge in [-0.1, -0.05) is 5.92 Å². The van der Waals surface area contributed by atoms with E-state index in [-0.39, 0.29) is 0 Å². The Kier molecular flexibility index (Phi) is 4.64. The Hall–Kier alpha value is -1.86. The molecular weight excluding hydrogens is 331 g/mol. The average Bonchev–Trinajstić information content (AvgIpc) is 3.05. The van der Waals surface area contributed by atoms with Crippen LogP contribution in [0, 0.1) is 23.2 Å². The van der Waals surface area contributed by atoms with Gasteiger partial charge < -0.3 is 14.6 Å². The summed E-state index contributed by atoms with van der Waals surface area (Å²) in [6, 6.07) is 7.72. The van der Waals surface area contributed by atoms with E-state index in [0.717, 1.165) is 16.7 Å². The van der Waals surface area contributed by atoms with Gasteiger partial charge in [0, 0.05) is 11.0 Å². The summed E-state index contributed by atoms with van der Waals surface area (Å²) in [5.41, 5.74) is 2.20. The zero-order chi connectivity index (χ0) is 18.2. The second kappa shape index (κ2) is 6.46. The van der Waals surface area contributed by atoms with E-state index in [1.54, 1.807) is 23.9 Å². The maximum Gasteiger partial charge on any atom is 0.494 e. The maximum atomic E-state index is 9.34. The fourth-order valence-corrected chi connectivity index (χ4v) is 3.23. The Balaban J connectivity index is 1.90.